The molecule has 0 unspecified atom stereocenters. The maximum Gasteiger partial charge on any atom is 0.248 e. The molecular formula is C24H31N5O3. The van der Waals surface area contributed by atoms with E-state index in [4.69, 9.17) is 9.72 Å². The van der Waals surface area contributed by atoms with Gasteiger partial charge in [-0.15, -0.1) is 0 Å². The standard InChI is InChI=1S/C24H31N5O3/c1-18-6-3-11-25-24(18)27-21-9-2-8-20(26-21)19-7-4-13-29(16-19)23(31)17-32-15-14-28-12-5-10-22(28)30/h2-3,6,8-9,11,19H,4-5,7,10,12-17H2,1H3,(H,25,26,27)/t19-/m1/s1. The van der Waals surface area contributed by atoms with Crippen LogP contribution in [0.2, 0.25) is 0 Å². The van der Waals surface area contributed by atoms with Gasteiger partial charge < -0.3 is 19.9 Å². The number of amides is 2. The molecule has 32 heavy (non-hydrogen) atoms. The van der Waals surface area contributed by atoms with Crippen LogP contribution >= 0.6 is 0 Å². The SMILES string of the molecule is Cc1cccnc1Nc1cccc([C@@H]2CCCN(C(=O)COCCN3CCCC3=O)C2)n1. The number of hydrogen-bond donors (Lipinski definition) is 1. The number of pyridine rings is 2. The number of rotatable bonds is 8. The lowest BCUT2D eigenvalue weighted by atomic mass is 9.94. The van der Waals surface area contributed by atoms with Crippen LogP contribution in [0, 0.1) is 6.92 Å². The average molecular weight is 438 g/mol. The first-order chi connectivity index (χ1) is 15.6. The molecule has 4 heterocycles. The highest BCUT2D eigenvalue weighted by Gasteiger charge is 2.26. The molecule has 2 aliphatic heterocycles. The topological polar surface area (TPSA) is 87.7 Å². The molecule has 0 bridgehead atoms. The fourth-order valence-corrected chi connectivity index (χ4v) is 4.30. The van der Waals surface area contributed by atoms with E-state index >= 15 is 0 Å². The van der Waals surface area contributed by atoms with Gasteiger partial charge in [-0.3, -0.25) is 9.59 Å². The Balaban J connectivity index is 1.29. The van der Waals surface area contributed by atoms with E-state index in [0.717, 1.165) is 55.2 Å². The molecule has 0 spiro atoms. The van der Waals surface area contributed by atoms with Crippen molar-refractivity contribution in [1.29, 1.82) is 0 Å². The minimum absolute atomic E-state index is 0.000776. The fraction of sp³-hybridized carbons (Fsp3) is 0.500. The number of ether oxygens (including phenoxy) is 1. The first kappa shape index (κ1) is 22.2. The van der Waals surface area contributed by atoms with Crippen molar-refractivity contribution >= 4 is 23.5 Å². The summed E-state index contributed by atoms with van der Waals surface area (Å²) in [6.45, 7) is 5.22. The summed E-state index contributed by atoms with van der Waals surface area (Å²) < 4.78 is 5.58. The molecule has 2 aromatic rings. The van der Waals surface area contributed by atoms with Crippen molar-refractivity contribution in [1.82, 2.24) is 19.8 Å². The van der Waals surface area contributed by atoms with E-state index in [2.05, 4.69) is 10.3 Å². The Labute approximate surface area is 189 Å². The number of carbonyl (C=O) groups excluding carboxylic acids is 2. The molecule has 2 fully saturated rings. The summed E-state index contributed by atoms with van der Waals surface area (Å²) in [6.07, 6.45) is 5.24. The van der Waals surface area contributed by atoms with E-state index in [9.17, 15) is 9.59 Å². The normalized spacial score (nSPS) is 18.8. The number of nitrogens with one attached hydrogen (secondary N) is 1. The highest BCUT2D eigenvalue weighted by molar-refractivity contribution is 5.78. The van der Waals surface area contributed by atoms with Crippen molar-refractivity contribution in [2.45, 2.75) is 38.5 Å². The summed E-state index contributed by atoms with van der Waals surface area (Å²) in [6, 6.07) is 9.87. The van der Waals surface area contributed by atoms with Crippen LogP contribution in [0.4, 0.5) is 11.6 Å². The van der Waals surface area contributed by atoms with Crippen LogP contribution in [0.25, 0.3) is 0 Å². The molecule has 2 saturated heterocycles. The molecule has 1 N–H and O–H groups in total. The van der Waals surface area contributed by atoms with Gasteiger partial charge in [0.2, 0.25) is 11.8 Å². The lowest BCUT2D eigenvalue weighted by Crippen LogP contribution is -2.41. The van der Waals surface area contributed by atoms with Gasteiger partial charge in [0.15, 0.2) is 0 Å². The van der Waals surface area contributed by atoms with Gasteiger partial charge in [-0.1, -0.05) is 12.1 Å². The molecule has 8 heteroatoms. The Morgan fingerprint density at radius 1 is 1.22 bits per heavy atom. The van der Waals surface area contributed by atoms with Gasteiger partial charge in [0.25, 0.3) is 0 Å². The van der Waals surface area contributed by atoms with Crippen LogP contribution in [-0.2, 0) is 14.3 Å². The van der Waals surface area contributed by atoms with E-state index in [1.165, 1.54) is 0 Å². The molecule has 0 saturated carbocycles. The highest BCUT2D eigenvalue weighted by atomic mass is 16.5. The number of nitrogens with zero attached hydrogens (tertiary/aromatic N) is 4. The lowest BCUT2D eigenvalue weighted by Gasteiger charge is -2.32. The quantitative estimate of drug-likeness (QED) is 0.639. The Bertz CT molecular complexity index is 951. The van der Waals surface area contributed by atoms with Gasteiger partial charge in [0, 0.05) is 50.4 Å². The molecule has 2 aliphatic rings. The highest BCUT2D eigenvalue weighted by Crippen LogP contribution is 2.27. The summed E-state index contributed by atoms with van der Waals surface area (Å²) in [5, 5.41) is 3.30. The molecule has 0 aromatic carbocycles. The lowest BCUT2D eigenvalue weighted by molar-refractivity contribution is -0.137. The molecule has 1 atom stereocenters. The second kappa shape index (κ2) is 10.5. The maximum absolute atomic E-state index is 12.7. The number of anilines is 2. The van der Waals surface area contributed by atoms with Crippen LogP contribution in [0.1, 0.15) is 42.9 Å². The molecule has 0 radical (unpaired) electrons. The van der Waals surface area contributed by atoms with Gasteiger partial charge in [-0.2, -0.15) is 0 Å². The largest absolute Gasteiger partial charge is 0.370 e. The van der Waals surface area contributed by atoms with Crippen LogP contribution in [0.15, 0.2) is 36.5 Å². The number of carbonyl (C=O) groups is 2. The van der Waals surface area contributed by atoms with E-state index < -0.39 is 0 Å². The Morgan fingerprint density at radius 3 is 2.94 bits per heavy atom. The Morgan fingerprint density at radius 2 is 2.12 bits per heavy atom. The number of hydrogen-bond acceptors (Lipinski definition) is 6. The van der Waals surface area contributed by atoms with Crippen LogP contribution in [0.3, 0.4) is 0 Å². The predicted octanol–water partition coefficient (Wildman–Crippen LogP) is 2.87. The second-order valence-electron chi connectivity index (χ2n) is 8.46. The minimum atomic E-state index is 0.000776. The average Bonchev–Trinajstić information content (AvgIpc) is 3.23. The predicted molar refractivity (Wildman–Crippen MR) is 122 cm³/mol. The van der Waals surface area contributed by atoms with Crippen molar-refractivity contribution in [2.75, 3.05) is 44.7 Å². The smallest absolute Gasteiger partial charge is 0.248 e. The third-order valence-corrected chi connectivity index (χ3v) is 6.12. The van der Waals surface area contributed by atoms with Gasteiger partial charge in [-0.05, 0) is 49.9 Å². The van der Waals surface area contributed by atoms with E-state index in [1.807, 2.05) is 42.2 Å². The zero-order valence-electron chi connectivity index (χ0n) is 18.6. The summed E-state index contributed by atoms with van der Waals surface area (Å²) in [4.78, 5) is 37.2. The van der Waals surface area contributed by atoms with Gasteiger partial charge >= 0.3 is 0 Å². The number of aromatic nitrogens is 2. The van der Waals surface area contributed by atoms with Crippen molar-refractivity contribution in [2.24, 2.45) is 0 Å². The molecule has 170 valence electrons. The van der Waals surface area contributed by atoms with Crippen LogP contribution < -0.4 is 5.32 Å². The minimum Gasteiger partial charge on any atom is -0.370 e. The number of likely N-dealkylation sites (tertiary alicyclic amines) is 2. The van der Waals surface area contributed by atoms with Gasteiger partial charge in [-0.25, -0.2) is 9.97 Å². The monoisotopic (exact) mass is 437 g/mol. The molecule has 4 rings (SSSR count). The molecule has 0 aliphatic carbocycles. The Hall–Kier alpha value is -3.00. The third kappa shape index (κ3) is 5.62. The molecule has 2 amide bonds. The van der Waals surface area contributed by atoms with Crippen molar-refractivity contribution in [3.8, 4) is 0 Å². The fourth-order valence-electron chi connectivity index (χ4n) is 4.30. The van der Waals surface area contributed by atoms with Crippen molar-refractivity contribution in [3.05, 3.63) is 47.8 Å². The van der Waals surface area contributed by atoms with Crippen molar-refractivity contribution < 1.29 is 14.3 Å². The number of aryl methyl sites for hydroxylation is 1. The Kier molecular flexibility index (Phi) is 7.32. The summed E-state index contributed by atoms with van der Waals surface area (Å²) in [5.41, 5.74) is 2.04. The number of piperidine rings is 1. The second-order valence-corrected chi connectivity index (χ2v) is 8.46. The first-order valence-corrected chi connectivity index (χ1v) is 11.4. The summed E-state index contributed by atoms with van der Waals surface area (Å²) in [7, 11) is 0. The third-order valence-electron chi connectivity index (χ3n) is 6.12. The van der Waals surface area contributed by atoms with Crippen molar-refractivity contribution in [3.63, 3.8) is 0 Å². The zero-order valence-corrected chi connectivity index (χ0v) is 18.6. The summed E-state index contributed by atoms with van der Waals surface area (Å²) >= 11 is 0. The van der Waals surface area contributed by atoms with E-state index in [-0.39, 0.29) is 24.3 Å². The van der Waals surface area contributed by atoms with E-state index in [0.29, 0.717) is 26.1 Å². The molecule has 8 nitrogen and oxygen atoms in total. The van der Waals surface area contributed by atoms with E-state index in [1.54, 1.807) is 11.1 Å². The van der Waals surface area contributed by atoms with Gasteiger partial charge in [0.1, 0.15) is 18.2 Å². The van der Waals surface area contributed by atoms with Crippen LogP contribution in [-0.4, -0.2) is 71.0 Å². The first-order valence-electron chi connectivity index (χ1n) is 11.4. The molecular weight excluding hydrogens is 406 g/mol. The van der Waals surface area contributed by atoms with Crippen LogP contribution in [0.5, 0.6) is 0 Å². The zero-order chi connectivity index (χ0) is 22.3. The van der Waals surface area contributed by atoms with Gasteiger partial charge in [0.05, 0.1) is 6.61 Å². The summed E-state index contributed by atoms with van der Waals surface area (Å²) in [5.74, 6) is 1.93. The maximum atomic E-state index is 12.7. The molecule has 2 aromatic heterocycles.